The topological polar surface area (TPSA) is 87.7 Å². The quantitative estimate of drug-likeness (QED) is 0.792. The van der Waals surface area contributed by atoms with Gasteiger partial charge >= 0.3 is 0 Å². The molecule has 2 fully saturated rings. The molecular formula is C19H29N5O3. The fourth-order valence-electron chi connectivity index (χ4n) is 3.50. The van der Waals surface area contributed by atoms with E-state index in [0.717, 1.165) is 36.8 Å². The molecule has 1 N–H and O–H groups in total. The molecule has 27 heavy (non-hydrogen) atoms. The van der Waals surface area contributed by atoms with Crippen LogP contribution in [0.3, 0.4) is 0 Å². The van der Waals surface area contributed by atoms with E-state index in [1.165, 1.54) is 0 Å². The Kier molecular flexibility index (Phi) is 6.60. The molecule has 1 aromatic heterocycles. The lowest BCUT2D eigenvalue weighted by Gasteiger charge is -2.35. The van der Waals surface area contributed by atoms with E-state index in [2.05, 4.69) is 20.2 Å². The van der Waals surface area contributed by atoms with E-state index >= 15 is 0 Å². The average molecular weight is 375 g/mol. The summed E-state index contributed by atoms with van der Waals surface area (Å²) in [5, 5.41) is 2.86. The molecule has 0 bridgehead atoms. The van der Waals surface area contributed by atoms with Crippen LogP contribution in [0.25, 0.3) is 0 Å². The van der Waals surface area contributed by atoms with Crippen LogP contribution < -0.4 is 10.2 Å². The molecule has 1 unspecified atom stereocenters. The summed E-state index contributed by atoms with van der Waals surface area (Å²) in [4.78, 5) is 37.2. The van der Waals surface area contributed by atoms with Gasteiger partial charge in [0.1, 0.15) is 0 Å². The lowest BCUT2D eigenvalue weighted by molar-refractivity contribution is -0.134. The number of nitrogens with zero attached hydrogens (tertiary/aromatic N) is 4. The minimum absolute atomic E-state index is 0.0308. The summed E-state index contributed by atoms with van der Waals surface area (Å²) in [7, 11) is 0. The fraction of sp³-hybridized carbons (Fsp3) is 0.684. The molecule has 0 aromatic carbocycles. The molecular weight excluding hydrogens is 346 g/mol. The molecule has 0 saturated carbocycles. The van der Waals surface area contributed by atoms with Crippen LogP contribution in [-0.2, 0) is 14.3 Å². The second kappa shape index (κ2) is 9.12. The van der Waals surface area contributed by atoms with E-state index < -0.39 is 0 Å². The molecule has 1 aromatic rings. The van der Waals surface area contributed by atoms with E-state index in [4.69, 9.17) is 4.74 Å². The number of aryl methyl sites for hydroxylation is 2. The maximum atomic E-state index is 12.4. The standard InChI is InChI=1S/C19H29N5O3/c1-14-12-15(2)22-19(21-14)24-9-7-23(8-10-24)18(26)6-5-17(25)20-13-16-4-3-11-27-16/h12,16H,3-11,13H2,1-2H3,(H,20,25). The highest BCUT2D eigenvalue weighted by Gasteiger charge is 2.23. The van der Waals surface area contributed by atoms with Crippen LogP contribution in [-0.4, -0.2) is 72.1 Å². The highest BCUT2D eigenvalue weighted by atomic mass is 16.5. The molecule has 3 rings (SSSR count). The molecule has 0 spiro atoms. The zero-order valence-electron chi connectivity index (χ0n) is 16.2. The maximum absolute atomic E-state index is 12.4. The number of ether oxygens (including phenoxy) is 1. The van der Waals surface area contributed by atoms with E-state index in [0.29, 0.717) is 32.7 Å². The second-order valence-electron chi connectivity index (χ2n) is 7.26. The Balaban J connectivity index is 1.38. The predicted molar refractivity (Wildman–Crippen MR) is 102 cm³/mol. The Morgan fingerprint density at radius 3 is 2.48 bits per heavy atom. The van der Waals surface area contributed by atoms with Crippen molar-refractivity contribution in [3.63, 3.8) is 0 Å². The van der Waals surface area contributed by atoms with Gasteiger partial charge in [0.15, 0.2) is 0 Å². The molecule has 2 amide bonds. The molecule has 8 nitrogen and oxygen atoms in total. The van der Waals surface area contributed by atoms with Crippen LogP contribution in [0.2, 0.25) is 0 Å². The number of amides is 2. The molecule has 2 aliphatic heterocycles. The van der Waals surface area contributed by atoms with Gasteiger partial charge in [0.25, 0.3) is 0 Å². The van der Waals surface area contributed by atoms with Crippen molar-refractivity contribution in [2.24, 2.45) is 0 Å². The number of piperazine rings is 1. The highest BCUT2D eigenvalue weighted by Crippen LogP contribution is 2.14. The second-order valence-corrected chi connectivity index (χ2v) is 7.26. The minimum atomic E-state index is -0.0823. The van der Waals surface area contributed by atoms with Gasteiger partial charge in [0, 0.05) is 63.6 Å². The number of anilines is 1. The monoisotopic (exact) mass is 375 g/mol. The summed E-state index contributed by atoms with van der Waals surface area (Å²) in [5.41, 5.74) is 1.90. The molecule has 8 heteroatoms. The first-order valence-electron chi connectivity index (χ1n) is 9.74. The number of carbonyl (C=O) groups excluding carboxylic acids is 2. The third kappa shape index (κ3) is 5.63. The van der Waals surface area contributed by atoms with Crippen molar-refractivity contribution >= 4 is 17.8 Å². The smallest absolute Gasteiger partial charge is 0.225 e. The van der Waals surface area contributed by atoms with Crippen LogP contribution in [0.4, 0.5) is 5.95 Å². The molecule has 148 valence electrons. The van der Waals surface area contributed by atoms with Crippen molar-refractivity contribution in [1.82, 2.24) is 20.2 Å². The van der Waals surface area contributed by atoms with Crippen LogP contribution in [0, 0.1) is 13.8 Å². The zero-order valence-corrected chi connectivity index (χ0v) is 16.2. The van der Waals surface area contributed by atoms with Gasteiger partial charge in [0.05, 0.1) is 6.10 Å². The van der Waals surface area contributed by atoms with Gasteiger partial charge < -0.3 is 19.9 Å². The first-order chi connectivity index (χ1) is 13.0. The summed E-state index contributed by atoms with van der Waals surface area (Å²) in [6.07, 6.45) is 2.65. The molecule has 2 saturated heterocycles. The van der Waals surface area contributed by atoms with Gasteiger partial charge in [-0.05, 0) is 32.8 Å². The van der Waals surface area contributed by atoms with E-state index in [1.807, 2.05) is 24.8 Å². The van der Waals surface area contributed by atoms with Crippen LogP contribution >= 0.6 is 0 Å². The van der Waals surface area contributed by atoms with Gasteiger partial charge in [-0.3, -0.25) is 9.59 Å². The Morgan fingerprint density at radius 2 is 1.85 bits per heavy atom. The summed E-state index contributed by atoms with van der Waals surface area (Å²) in [5.74, 6) is 0.678. The summed E-state index contributed by atoms with van der Waals surface area (Å²) < 4.78 is 5.48. The van der Waals surface area contributed by atoms with E-state index in [9.17, 15) is 9.59 Å². The minimum Gasteiger partial charge on any atom is -0.376 e. The van der Waals surface area contributed by atoms with Gasteiger partial charge in [-0.15, -0.1) is 0 Å². The first-order valence-corrected chi connectivity index (χ1v) is 9.74. The SMILES string of the molecule is Cc1cc(C)nc(N2CCN(C(=O)CCC(=O)NCC3CCCO3)CC2)n1. The number of hydrogen-bond donors (Lipinski definition) is 1. The Labute approximate surface area is 160 Å². The summed E-state index contributed by atoms with van der Waals surface area (Å²) in [6.45, 7) is 7.92. The van der Waals surface area contributed by atoms with Gasteiger partial charge in [-0.1, -0.05) is 0 Å². The summed E-state index contributed by atoms with van der Waals surface area (Å²) in [6, 6.07) is 1.95. The molecule has 1 atom stereocenters. The number of carbonyl (C=O) groups is 2. The van der Waals surface area contributed by atoms with Crippen LogP contribution in [0.5, 0.6) is 0 Å². The average Bonchev–Trinajstić information content (AvgIpc) is 3.17. The Hall–Kier alpha value is -2.22. The van der Waals surface area contributed by atoms with Crippen molar-refractivity contribution < 1.29 is 14.3 Å². The van der Waals surface area contributed by atoms with Crippen LogP contribution in [0.1, 0.15) is 37.1 Å². The number of aromatic nitrogens is 2. The highest BCUT2D eigenvalue weighted by molar-refractivity contribution is 5.83. The number of hydrogen-bond acceptors (Lipinski definition) is 6. The number of nitrogens with one attached hydrogen (secondary N) is 1. The summed E-state index contributed by atoms with van der Waals surface area (Å²) >= 11 is 0. The Bertz CT molecular complexity index is 647. The van der Waals surface area contributed by atoms with Crippen molar-refractivity contribution in [2.75, 3.05) is 44.2 Å². The van der Waals surface area contributed by atoms with E-state index in [-0.39, 0.29) is 30.8 Å². The van der Waals surface area contributed by atoms with E-state index in [1.54, 1.807) is 0 Å². The number of rotatable bonds is 6. The molecule has 2 aliphatic rings. The normalized spacial score (nSPS) is 20.0. The lowest BCUT2D eigenvalue weighted by Crippen LogP contribution is -2.49. The van der Waals surface area contributed by atoms with Gasteiger partial charge in [-0.2, -0.15) is 0 Å². The third-order valence-corrected chi connectivity index (χ3v) is 5.00. The largest absolute Gasteiger partial charge is 0.376 e. The fourth-order valence-corrected chi connectivity index (χ4v) is 3.50. The first kappa shape index (κ1) is 19.5. The van der Waals surface area contributed by atoms with Crippen molar-refractivity contribution in [3.05, 3.63) is 17.5 Å². The Morgan fingerprint density at radius 1 is 1.15 bits per heavy atom. The van der Waals surface area contributed by atoms with Crippen molar-refractivity contribution in [1.29, 1.82) is 0 Å². The molecule has 3 heterocycles. The van der Waals surface area contributed by atoms with Crippen LogP contribution in [0.15, 0.2) is 6.07 Å². The van der Waals surface area contributed by atoms with Crippen molar-refractivity contribution in [2.45, 2.75) is 45.6 Å². The lowest BCUT2D eigenvalue weighted by atomic mass is 10.2. The van der Waals surface area contributed by atoms with Gasteiger partial charge in [0.2, 0.25) is 17.8 Å². The van der Waals surface area contributed by atoms with Crippen molar-refractivity contribution in [3.8, 4) is 0 Å². The molecule has 0 aliphatic carbocycles. The predicted octanol–water partition coefficient (Wildman–Crippen LogP) is 0.817. The third-order valence-electron chi connectivity index (χ3n) is 5.00. The van der Waals surface area contributed by atoms with Gasteiger partial charge in [-0.25, -0.2) is 9.97 Å². The zero-order chi connectivity index (χ0) is 19.2. The molecule has 0 radical (unpaired) electrons. The maximum Gasteiger partial charge on any atom is 0.225 e.